The molecule has 1 amide bonds. The maximum atomic E-state index is 12.5. The Morgan fingerprint density at radius 2 is 2.00 bits per heavy atom. The van der Waals surface area contributed by atoms with E-state index in [1.165, 1.54) is 13.0 Å². The number of furan rings is 1. The molecule has 1 aliphatic heterocycles. The number of hydrogen-bond acceptors (Lipinski definition) is 4. The fourth-order valence-corrected chi connectivity index (χ4v) is 3.79. The van der Waals surface area contributed by atoms with Gasteiger partial charge < -0.3 is 25.3 Å². The van der Waals surface area contributed by atoms with Gasteiger partial charge in [0.2, 0.25) is 0 Å². The molecule has 0 aliphatic carbocycles. The molecule has 0 spiro atoms. The minimum atomic E-state index is -0.119. The van der Waals surface area contributed by atoms with Crippen molar-refractivity contribution < 1.29 is 9.21 Å². The topological polar surface area (TPSA) is 81.9 Å². The summed E-state index contributed by atoms with van der Waals surface area (Å²) in [6, 6.07) is 11.7. The van der Waals surface area contributed by atoms with Crippen LogP contribution in [0.15, 0.2) is 52.1 Å². The standard InChI is InChI=1S/C24H35N5O2/c1-3-12-29-13-10-21(11-14-29)28-24(25-4-2)27-17-19-7-5-8-20(16-19)23(30)26-18-22-9-6-15-31-22/h5-9,15-16,21H,3-4,10-14,17-18H2,1-2H3,(H,26,30)(H2,25,27,28). The molecule has 3 N–H and O–H groups in total. The third-order valence-electron chi connectivity index (χ3n) is 5.42. The van der Waals surface area contributed by atoms with Gasteiger partial charge in [-0.3, -0.25) is 4.79 Å². The van der Waals surface area contributed by atoms with Gasteiger partial charge in [-0.1, -0.05) is 19.1 Å². The van der Waals surface area contributed by atoms with Crippen molar-refractivity contribution in [3.63, 3.8) is 0 Å². The van der Waals surface area contributed by atoms with E-state index in [0.717, 1.165) is 49.8 Å². The van der Waals surface area contributed by atoms with Gasteiger partial charge in [0.15, 0.2) is 5.96 Å². The van der Waals surface area contributed by atoms with Crippen molar-refractivity contribution in [2.45, 2.75) is 52.2 Å². The van der Waals surface area contributed by atoms with Gasteiger partial charge in [0, 0.05) is 31.2 Å². The molecular weight excluding hydrogens is 390 g/mol. The Morgan fingerprint density at radius 1 is 1.16 bits per heavy atom. The quantitative estimate of drug-likeness (QED) is 0.425. The van der Waals surface area contributed by atoms with E-state index in [0.29, 0.717) is 24.7 Å². The van der Waals surface area contributed by atoms with Crippen LogP contribution < -0.4 is 16.0 Å². The summed E-state index contributed by atoms with van der Waals surface area (Å²) >= 11 is 0. The summed E-state index contributed by atoms with van der Waals surface area (Å²) < 4.78 is 5.26. The van der Waals surface area contributed by atoms with Crippen molar-refractivity contribution in [1.82, 2.24) is 20.9 Å². The van der Waals surface area contributed by atoms with Crippen molar-refractivity contribution in [3.05, 3.63) is 59.5 Å². The molecule has 3 rings (SSSR count). The molecule has 31 heavy (non-hydrogen) atoms. The van der Waals surface area contributed by atoms with E-state index in [-0.39, 0.29) is 5.91 Å². The highest BCUT2D eigenvalue weighted by molar-refractivity contribution is 5.94. The Balaban J connectivity index is 1.54. The van der Waals surface area contributed by atoms with Crippen LogP contribution in [0.25, 0.3) is 0 Å². The van der Waals surface area contributed by atoms with Gasteiger partial charge in [0.05, 0.1) is 19.4 Å². The monoisotopic (exact) mass is 425 g/mol. The van der Waals surface area contributed by atoms with E-state index in [1.54, 1.807) is 6.26 Å². The summed E-state index contributed by atoms with van der Waals surface area (Å²) in [5, 5.41) is 9.81. The van der Waals surface area contributed by atoms with E-state index in [2.05, 4.69) is 34.7 Å². The van der Waals surface area contributed by atoms with Crippen LogP contribution in [0.2, 0.25) is 0 Å². The number of likely N-dealkylation sites (tertiary alicyclic amines) is 1. The van der Waals surface area contributed by atoms with Crippen molar-refractivity contribution in [2.75, 3.05) is 26.2 Å². The highest BCUT2D eigenvalue weighted by Gasteiger charge is 2.19. The number of rotatable bonds is 9. The zero-order valence-corrected chi connectivity index (χ0v) is 18.7. The average Bonchev–Trinajstić information content (AvgIpc) is 3.31. The molecule has 0 unspecified atom stereocenters. The third kappa shape index (κ3) is 7.43. The number of amides is 1. The lowest BCUT2D eigenvalue weighted by molar-refractivity contribution is 0.0948. The Kier molecular flexibility index (Phi) is 8.97. The minimum Gasteiger partial charge on any atom is -0.467 e. The second kappa shape index (κ2) is 12.2. The van der Waals surface area contributed by atoms with Crippen LogP contribution in [0.5, 0.6) is 0 Å². The first-order valence-corrected chi connectivity index (χ1v) is 11.3. The van der Waals surface area contributed by atoms with Gasteiger partial charge in [-0.25, -0.2) is 4.99 Å². The summed E-state index contributed by atoms with van der Waals surface area (Å²) in [6.07, 6.45) is 5.08. The van der Waals surface area contributed by atoms with Crippen LogP contribution >= 0.6 is 0 Å². The molecule has 0 saturated carbocycles. The zero-order chi connectivity index (χ0) is 21.9. The largest absolute Gasteiger partial charge is 0.467 e. The van der Waals surface area contributed by atoms with E-state index in [9.17, 15) is 4.79 Å². The molecule has 1 aliphatic rings. The summed E-state index contributed by atoms with van der Waals surface area (Å²) in [5.41, 5.74) is 1.63. The van der Waals surface area contributed by atoms with Gasteiger partial charge in [0.25, 0.3) is 5.91 Å². The average molecular weight is 426 g/mol. The summed E-state index contributed by atoms with van der Waals surface area (Å²) in [6.45, 7) is 9.48. The minimum absolute atomic E-state index is 0.119. The third-order valence-corrected chi connectivity index (χ3v) is 5.42. The number of piperidine rings is 1. The van der Waals surface area contributed by atoms with Crippen LogP contribution in [0, 0.1) is 0 Å². The Labute approximate surface area is 185 Å². The van der Waals surface area contributed by atoms with Crippen molar-refractivity contribution in [2.24, 2.45) is 4.99 Å². The molecule has 0 atom stereocenters. The summed E-state index contributed by atoms with van der Waals surface area (Å²) in [4.78, 5) is 19.7. The smallest absolute Gasteiger partial charge is 0.251 e. The van der Waals surface area contributed by atoms with Gasteiger partial charge >= 0.3 is 0 Å². The lowest BCUT2D eigenvalue weighted by Gasteiger charge is -2.32. The molecular formula is C24H35N5O2. The van der Waals surface area contributed by atoms with Crippen molar-refractivity contribution in [1.29, 1.82) is 0 Å². The fraction of sp³-hybridized carbons (Fsp3) is 0.500. The van der Waals surface area contributed by atoms with Crippen LogP contribution in [0.1, 0.15) is 54.8 Å². The highest BCUT2D eigenvalue weighted by Crippen LogP contribution is 2.11. The van der Waals surface area contributed by atoms with Crippen molar-refractivity contribution in [3.8, 4) is 0 Å². The molecule has 0 radical (unpaired) electrons. The van der Waals surface area contributed by atoms with Crippen LogP contribution in [0.4, 0.5) is 0 Å². The van der Waals surface area contributed by atoms with Crippen LogP contribution in [-0.2, 0) is 13.1 Å². The van der Waals surface area contributed by atoms with Gasteiger partial charge in [-0.05, 0) is 62.6 Å². The highest BCUT2D eigenvalue weighted by atomic mass is 16.3. The van der Waals surface area contributed by atoms with E-state index < -0.39 is 0 Å². The number of carbonyl (C=O) groups excluding carboxylic acids is 1. The van der Waals surface area contributed by atoms with Gasteiger partial charge in [-0.2, -0.15) is 0 Å². The fourth-order valence-electron chi connectivity index (χ4n) is 3.79. The number of nitrogens with one attached hydrogen (secondary N) is 3. The van der Waals surface area contributed by atoms with E-state index >= 15 is 0 Å². The lowest BCUT2D eigenvalue weighted by atomic mass is 10.1. The van der Waals surface area contributed by atoms with E-state index in [1.807, 2.05) is 36.4 Å². The Morgan fingerprint density at radius 3 is 2.71 bits per heavy atom. The number of hydrogen-bond donors (Lipinski definition) is 3. The first kappa shape index (κ1) is 22.9. The number of benzene rings is 1. The molecule has 168 valence electrons. The summed E-state index contributed by atoms with van der Waals surface area (Å²) in [5.74, 6) is 1.45. The maximum absolute atomic E-state index is 12.5. The van der Waals surface area contributed by atoms with Crippen molar-refractivity contribution >= 4 is 11.9 Å². The number of aliphatic imine (C=N–C) groups is 1. The van der Waals surface area contributed by atoms with Crippen LogP contribution in [-0.4, -0.2) is 49.0 Å². The second-order valence-electron chi connectivity index (χ2n) is 7.92. The molecule has 2 heterocycles. The van der Waals surface area contributed by atoms with Gasteiger partial charge in [-0.15, -0.1) is 0 Å². The lowest BCUT2D eigenvalue weighted by Crippen LogP contribution is -2.48. The Hall–Kier alpha value is -2.80. The normalized spacial score (nSPS) is 15.6. The SMILES string of the molecule is CCCN1CCC(NC(=NCc2cccc(C(=O)NCc3ccco3)c2)NCC)CC1. The first-order chi connectivity index (χ1) is 15.2. The van der Waals surface area contributed by atoms with Gasteiger partial charge in [0.1, 0.15) is 5.76 Å². The predicted octanol–water partition coefficient (Wildman–Crippen LogP) is 3.14. The molecule has 1 aromatic heterocycles. The maximum Gasteiger partial charge on any atom is 0.251 e. The first-order valence-electron chi connectivity index (χ1n) is 11.3. The molecule has 1 aromatic carbocycles. The molecule has 7 heteroatoms. The molecule has 1 saturated heterocycles. The second-order valence-corrected chi connectivity index (χ2v) is 7.92. The molecule has 0 bridgehead atoms. The summed E-state index contributed by atoms with van der Waals surface area (Å²) in [7, 11) is 0. The number of nitrogens with zero attached hydrogens (tertiary/aromatic N) is 2. The zero-order valence-electron chi connectivity index (χ0n) is 18.7. The molecule has 2 aromatic rings. The number of carbonyl (C=O) groups is 1. The Bertz CT molecular complexity index is 826. The van der Waals surface area contributed by atoms with E-state index in [4.69, 9.17) is 9.41 Å². The number of guanidine groups is 1. The predicted molar refractivity (Wildman–Crippen MR) is 124 cm³/mol. The molecule has 1 fully saturated rings. The van der Waals surface area contributed by atoms with Crippen LogP contribution in [0.3, 0.4) is 0 Å². The molecule has 7 nitrogen and oxygen atoms in total.